The number of nitrogens with two attached hydrogens (primary N) is 1. The number of aromatic nitrogens is 2. The molecule has 0 radical (unpaired) electrons. The molecule has 0 spiro atoms. The van der Waals surface area contributed by atoms with Crippen LogP contribution in [0.25, 0.3) is 0 Å². The molecule has 2 aromatic rings. The number of aliphatic imine (C=N–C) groups is 1. The molecule has 1 aromatic carbocycles. The van der Waals surface area contributed by atoms with Crippen molar-refractivity contribution in [2.45, 2.75) is 12.4 Å². The summed E-state index contributed by atoms with van der Waals surface area (Å²) < 4.78 is 0. The molecule has 5 N–H and O–H groups in total. The Morgan fingerprint density at radius 3 is 2.75 bits per heavy atom. The molecule has 8 nitrogen and oxygen atoms in total. The fourth-order valence-corrected chi connectivity index (χ4v) is 2.47. The minimum Gasteiger partial charge on any atom is -0.380 e. The zero-order valence-electron chi connectivity index (χ0n) is 12.8. The number of aromatic amines is 1. The molecule has 0 saturated carbocycles. The Balaban J connectivity index is 1.78. The third-order valence-corrected chi connectivity index (χ3v) is 3.85. The maximum absolute atomic E-state index is 11.9. The van der Waals surface area contributed by atoms with E-state index in [0.29, 0.717) is 17.8 Å². The van der Waals surface area contributed by atoms with Gasteiger partial charge in [0.1, 0.15) is 5.50 Å². The Labute approximate surface area is 142 Å². The summed E-state index contributed by atoms with van der Waals surface area (Å²) in [5.41, 5.74) is 6.57. The molecule has 0 amide bonds. The molecule has 124 valence electrons. The third-order valence-electron chi connectivity index (χ3n) is 3.49. The number of anilines is 3. The number of carbonyl (C=O) groups is 1. The molecule has 0 fully saturated rings. The Morgan fingerprint density at radius 2 is 2.08 bits per heavy atom. The molecule has 0 saturated heterocycles. The molecular weight excluding hydrogens is 332 g/mol. The molecule has 0 bridgehead atoms. The van der Waals surface area contributed by atoms with Gasteiger partial charge in [0, 0.05) is 11.3 Å². The van der Waals surface area contributed by atoms with Gasteiger partial charge in [-0.2, -0.15) is 4.98 Å². The third kappa shape index (κ3) is 3.23. The van der Waals surface area contributed by atoms with Crippen LogP contribution in [0.2, 0.25) is 0 Å². The second kappa shape index (κ2) is 6.32. The van der Waals surface area contributed by atoms with Crippen LogP contribution < -0.4 is 21.9 Å². The second-order valence-electron chi connectivity index (χ2n) is 5.25. The topological polar surface area (TPSA) is 125 Å². The van der Waals surface area contributed by atoms with Crippen LogP contribution in [0, 0.1) is 0 Å². The van der Waals surface area contributed by atoms with Crippen LogP contribution in [0.4, 0.5) is 23.1 Å². The van der Waals surface area contributed by atoms with Gasteiger partial charge in [-0.1, -0.05) is 11.6 Å². The molecule has 9 heteroatoms. The van der Waals surface area contributed by atoms with E-state index in [1.807, 2.05) is 0 Å². The molecule has 0 aliphatic carbocycles. The summed E-state index contributed by atoms with van der Waals surface area (Å²) in [7, 11) is 0. The van der Waals surface area contributed by atoms with E-state index < -0.39 is 11.1 Å². The summed E-state index contributed by atoms with van der Waals surface area (Å²) in [6, 6.07) is 7.05. The number of benzene rings is 1. The lowest BCUT2D eigenvalue weighted by molar-refractivity contribution is 0.101. The van der Waals surface area contributed by atoms with Gasteiger partial charge in [-0.15, -0.1) is 0 Å². The molecule has 24 heavy (non-hydrogen) atoms. The molecule has 1 aliphatic heterocycles. The van der Waals surface area contributed by atoms with E-state index in [1.165, 1.54) is 6.92 Å². The highest BCUT2D eigenvalue weighted by Crippen LogP contribution is 2.25. The first-order chi connectivity index (χ1) is 11.4. The first-order valence-corrected chi connectivity index (χ1v) is 7.60. The van der Waals surface area contributed by atoms with Crippen LogP contribution in [0.5, 0.6) is 0 Å². The smallest absolute Gasteiger partial charge is 0.280 e. The average molecular weight is 347 g/mol. The van der Waals surface area contributed by atoms with Crippen molar-refractivity contribution in [2.75, 3.05) is 22.9 Å². The maximum Gasteiger partial charge on any atom is 0.280 e. The predicted octanol–water partition coefficient (Wildman–Crippen LogP) is 1.73. The standard InChI is InChI=1S/C15H15ClN6O2/c1-7(23)8-2-4-9(5-3-8)18-6-10-12(16)20-13-11(19-10)14(24)22-15(17)21-13/h2-5,12,18H,6H2,1H3,(H4,17,20,21,22,24). The van der Waals surface area contributed by atoms with Crippen LogP contribution in [0.3, 0.4) is 0 Å². The Kier molecular flexibility index (Phi) is 4.22. The van der Waals surface area contributed by atoms with Gasteiger partial charge in [-0.3, -0.25) is 14.6 Å². The highest BCUT2D eigenvalue weighted by molar-refractivity contribution is 6.34. The van der Waals surface area contributed by atoms with Gasteiger partial charge < -0.3 is 16.4 Å². The lowest BCUT2D eigenvalue weighted by Crippen LogP contribution is -2.34. The van der Waals surface area contributed by atoms with Crippen molar-refractivity contribution in [3.8, 4) is 0 Å². The highest BCUT2D eigenvalue weighted by atomic mass is 35.5. The number of halogens is 1. The number of fused-ring (bicyclic) bond motifs is 1. The normalized spacial score (nSPS) is 15.9. The zero-order valence-corrected chi connectivity index (χ0v) is 13.5. The van der Waals surface area contributed by atoms with Crippen molar-refractivity contribution in [2.24, 2.45) is 4.99 Å². The number of Topliss-reactive ketones (excluding diaryl/α,β-unsaturated/α-hetero) is 1. The van der Waals surface area contributed by atoms with Crippen LogP contribution in [-0.2, 0) is 0 Å². The van der Waals surface area contributed by atoms with Crippen molar-refractivity contribution in [3.63, 3.8) is 0 Å². The fraction of sp³-hybridized carbons (Fsp3) is 0.200. The lowest BCUT2D eigenvalue weighted by atomic mass is 10.1. The fourth-order valence-electron chi connectivity index (χ4n) is 2.24. The quantitative estimate of drug-likeness (QED) is 0.379. The molecule has 1 unspecified atom stereocenters. The monoisotopic (exact) mass is 346 g/mol. The number of carbonyl (C=O) groups excluding carboxylic acids is 1. The van der Waals surface area contributed by atoms with Crippen LogP contribution in [-0.4, -0.2) is 33.5 Å². The molecule has 1 aromatic heterocycles. The van der Waals surface area contributed by atoms with E-state index in [1.54, 1.807) is 24.3 Å². The number of nitrogens with zero attached hydrogens (tertiary/aromatic N) is 2. The second-order valence-corrected chi connectivity index (χ2v) is 5.68. The van der Waals surface area contributed by atoms with Gasteiger partial charge in [0.25, 0.3) is 5.56 Å². The van der Waals surface area contributed by atoms with Gasteiger partial charge >= 0.3 is 0 Å². The number of hydrogen-bond acceptors (Lipinski definition) is 7. The molecular formula is C15H15ClN6O2. The van der Waals surface area contributed by atoms with Crippen LogP contribution in [0.15, 0.2) is 34.1 Å². The van der Waals surface area contributed by atoms with E-state index >= 15 is 0 Å². The van der Waals surface area contributed by atoms with E-state index in [2.05, 4.69) is 25.6 Å². The number of alkyl halides is 1. The van der Waals surface area contributed by atoms with Crippen molar-refractivity contribution < 1.29 is 4.79 Å². The number of H-pyrrole nitrogens is 1. The van der Waals surface area contributed by atoms with E-state index in [4.69, 9.17) is 17.3 Å². The van der Waals surface area contributed by atoms with Gasteiger partial charge in [-0.05, 0) is 31.2 Å². The molecule has 1 aliphatic rings. The number of hydrogen-bond donors (Lipinski definition) is 4. The Morgan fingerprint density at radius 1 is 1.38 bits per heavy atom. The first-order valence-electron chi connectivity index (χ1n) is 7.17. The van der Waals surface area contributed by atoms with Crippen molar-refractivity contribution in [1.82, 2.24) is 9.97 Å². The van der Waals surface area contributed by atoms with Crippen molar-refractivity contribution in [1.29, 1.82) is 0 Å². The Hall–Kier alpha value is -2.87. The number of nitrogen functional groups attached to an aromatic ring is 1. The van der Waals surface area contributed by atoms with Crippen LogP contribution in [0.1, 0.15) is 17.3 Å². The van der Waals surface area contributed by atoms with E-state index in [9.17, 15) is 9.59 Å². The lowest BCUT2D eigenvalue weighted by Gasteiger charge is -2.21. The SMILES string of the molecule is CC(=O)c1ccc(NCC2=Nc3c(nc(N)[nH]c3=O)NC2Cl)cc1. The average Bonchev–Trinajstić information content (AvgIpc) is 2.53. The largest absolute Gasteiger partial charge is 0.380 e. The zero-order chi connectivity index (χ0) is 17.3. The number of ketones is 1. The summed E-state index contributed by atoms with van der Waals surface area (Å²) in [5.74, 6) is 0.258. The summed E-state index contributed by atoms with van der Waals surface area (Å²) in [4.78, 5) is 33.8. The van der Waals surface area contributed by atoms with Gasteiger partial charge in [0.2, 0.25) is 5.95 Å². The number of rotatable bonds is 4. The Bertz CT molecular complexity index is 875. The summed E-state index contributed by atoms with van der Waals surface area (Å²) >= 11 is 6.23. The molecule has 2 heterocycles. The van der Waals surface area contributed by atoms with Crippen LogP contribution >= 0.6 is 11.6 Å². The molecule has 1 atom stereocenters. The summed E-state index contributed by atoms with van der Waals surface area (Å²) in [6.45, 7) is 1.84. The van der Waals surface area contributed by atoms with Gasteiger partial charge in [-0.25, -0.2) is 4.99 Å². The summed E-state index contributed by atoms with van der Waals surface area (Å²) in [6.07, 6.45) is 0. The van der Waals surface area contributed by atoms with Crippen molar-refractivity contribution >= 4 is 46.2 Å². The first kappa shape index (κ1) is 16.0. The van der Waals surface area contributed by atoms with Gasteiger partial charge in [0.15, 0.2) is 17.3 Å². The highest BCUT2D eigenvalue weighted by Gasteiger charge is 2.23. The minimum absolute atomic E-state index is 0.00236. The summed E-state index contributed by atoms with van der Waals surface area (Å²) in [5, 5.41) is 6.04. The number of nitrogens with one attached hydrogen (secondary N) is 3. The van der Waals surface area contributed by atoms with Gasteiger partial charge in [0.05, 0.1) is 12.3 Å². The van der Waals surface area contributed by atoms with E-state index in [-0.39, 0.29) is 23.2 Å². The predicted molar refractivity (Wildman–Crippen MR) is 94.6 cm³/mol. The van der Waals surface area contributed by atoms with Crippen molar-refractivity contribution in [3.05, 3.63) is 40.2 Å². The van der Waals surface area contributed by atoms with E-state index in [0.717, 1.165) is 5.69 Å². The molecule has 3 rings (SSSR count). The minimum atomic E-state index is -0.616. The maximum atomic E-state index is 11.9.